The van der Waals surface area contributed by atoms with E-state index in [0.717, 1.165) is 36.2 Å². The number of allylic oxidation sites excluding steroid dienone is 1. The van der Waals surface area contributed by atoms with E-state index in [1.54, 1.807) is 16.9 Å². The van der Waals surface area contributed by atoms with Crippen molar-refractivity contribution in [1.82, 2.24) is 14.6 Å². The molecule has 0 amide bonds. The number of imidazole rings is 1. The molecule has 20 heavy (non-hydrogen) atoms. The Morgan fingerprint density at radius 1 is 1.30 bits per heavy atom. The van der Waals surface area contributed by atoms with E-state index in [1.165, 1.54) is 0 Å². The van der Waals surface area contributed by atoms with E-state index in [0.29, 0.717) is 6.42 Å². The minimum atomic E-state index is -2.97. The van der Waals surface area contributed by atoms with Crippen molar-refractivity contribution in [2.45, 2.75) is 36.2 Å². The van der Waals surface area contributed by atoms with Crippen LogP contribution in [0.25, 0.3) is 11.2 Å². The average Bonchev–Trinajstić information content (AvgIpc) is 2.81. The Hall–Kier alpha value is -1.69. The number of fused-ring (bicyclic) bond motifs is 3. The monoisotopic (exact) mass is 289 g/mol. The van der Waals surface area contributed by atoms with E-state index >= 15 is 0 Å². The molecular formula is C14H15N3O2S. The molecule has 0 radical (unpaired) electrons. The van der Waals surface area contributed by atoms with Crippen molar-refractivity contribution in [3.63, 3.8) is 0 Å². The maximum atomic E-state index is 12.3. The van der Waals surface area contributed by atoms with Crippen LogP contribution in [0.4, 0.5) is 0 Å². The lowest BCUT2D eigenvalue weighted by Gasteiger charge is -2.33. The number of hydrogen-bond acceptors (Lipinski definition) is 4. The van der Waals surface area contributed by atoms with Crippen molar-refractivity contribution >= 4 is 21.1 Å². The molecule has 0 aromatic carbocycles. The molecule has 2 aromatic rings. The maximum Gasteiger partial charge on any atom is 0.159 e. The van der Waals surface area contributed by atoms with E-state index in [9.17, 15) is 8.42 Å². The van der Waals surface area contributed by atoms with E-state index < -0.39 is 9.84 Å². The second kappa shape index (κ2) is 4.15. The summed E-state index contributed by atoms with van der Waals surface area (Å²) in [4.78, 5) is 4.33. The van der Waals surface area contributed by atoms with Crippen LogP contribution in [0.5, 0.6) is 0 Å². The highest BCUT2D eigenvalue weighted by Gasteiger charge is 2.40. The standard InChI is InChI=1S/C14H15N3O2S/c18-20(19)11-3-1-4-12(20)8-10(7-11)13-9-15-14-5-2-6-16-17(13)14/h2,5-7,9,11-12H,1,3-4,8H2. The Labute approximate surface area is 117 Å². The quantitative estimate of drug-likeness (QED) is 0.803. The fraction of sp³-hybridized carbons (Fsp3) is 0.429. The van der Waals surface area contributed by atoms with Gasteiger partial charge in [0.1, 0.15) is 0 Å². The number of hydrogen-bond donors (Lipinski definition) is 0. The Balaban J connectivity index is 1.86. The van der Waals surface area contributed by atoms with Crippen LogP contribution >= 0.6 is 0 Å². The third kappa shape index (κ3) is 1.64. The van der Waals surface area contributed by atoms with Crippen LogP contribution in [-0.4, -0.2) is 33.5 Å². The third-order valence-corrected chi connectivity index (χ3v) is 6.89. The topological polar surface area (TPSA) is 64.3 Å². The summed E-state index contributed by atoms with van der Waals surface area (Å²) in [7, 11) is -2.97. The van der Waals surface area contributed by atoms with E-state index in [2.05, 4.69) is 10.1 Å². The second-order valence-electron chi connectivity index (χ2n) is 5.51. The summed E-state index contributed by atoms with van der Waals surface area (Å²) in [5.41, 5.74) is 2.79. The Morgan fingerprint density at radius 3 is 3.05 bits per heavy atom. The molecule has 104 valence electrons. The van der Waals surface area contributed by atoms with Crippen LogP contribution in [0.1, 0.15) is 31.4 Å². The molecule has 2 atom stereocenters. The van der Waals surface area contributed by atoms with Gasteiger partial charge in [-0.3, -0.25) is 0 Å². The number of nitrogens with zero attached hydrogens (tertiary/aromatic N) is 3. The first-order chi connectivity index (χ1) is 9.66. The highest BCUT2D eigenvalue weighted by molar-refractivity contribution is 7.93. The first-order valence-corrected chi connectivity index (χ1v) is 8.50. The molecule has 4 rings (SSSR count). The van der Waals surface area contributed by atoms with Crippen LogP contribution in [-0.2, 0) is 9.84 Å². The van der Waals surface area contributed by atoms with Gasteiger partial charge in [0.15, 0.2) is 15.5 Å². The molecule has 0 saturated carbocycles. The highest BCUT2D eigenvalue weighted by Crippen LogP contribution is 2.39. The van der Waals surface area contributed by atoms with Crippen molar-refractivity contribution < 1.29 is 8.42 Å². The maximum absolute atomic E-state index is 12.3. The van der Waals surface area contributed by atoms with Gasteiger partial charge in [-0.1, -0.05) is 12.5 Å². The molecule has 5 nitrogen and oxygen atoms in total. The van der Waals surface area contributed by atoms with Gasteiger partial charge in [-0.05, 0) is 37.0 Å². The zero-order valence-electron chi connectivity index (χ0n) is 10.9. The van der Waals surface area contributed by atoms with Gasteiger partial charge in [0, 0.05) is 6.20 Å². The molecule has 2 aliphatic heterocycles. The summed E-state index contributed by atoms with van der Waals surface area (Å²) in [6.07, 6.45) is 8.55. The van der Waals surface area contributed by atoms with Gasteiger partial charge in [0.05, 0.1) is 22.4 Å². The minimum absolute atomic E-state index is 0.226. The van der Waals surface area contributed by atoms with Gasteiger partial charge in [-0.15, -0.1) is 0 Å². The predicted molar refractivity (Wildman–Crippen MR) is 75.9 cm³/mol. The molecular weight excluding hydrogens is 274 g/mol. The summed E-state index contributed by atoms with van der Waals surface area (Å²) in [5, 5.41) is 3.76. The van der Waals surface area contributed by atoms with E-state index in [-0.39, 0.29) is 10.5 Å². The third-order valence-electron chi connectivity index (χ3n) is 4.34. The van der Waals surface area contributed by atoms with Gasteiger partial charge in [0.25, 0.3) is 0 Å². The Kier molecular flexibility index (Phi) is 2.51. The SMILES string of the molecule is O=S1(=O)C2C=C(c3cnc4cccnn34)CC1CCC2. The molecule has 0 aliphatic carbocycles. The number of sulfone groups is 1. The van der Waals surface area contributed by atoms with Crippen LogP contribution in [0.15, 0.2) is 30.6 Å². The van der Waals surface area contributed by atoms with Gasteiger partial charge in [-0.2, -0.15) is 5.10 Å². The normalized spacial score (nSPS) is 28.3. The minimum Gasteiger partial charge on any atom is -0.235 e. The van der Waals surface area contributed by atoms with Crippen molar-refractivity contribution in [1.29, 1.82) is 0 Å². The summed E-state index contributed by atoms with van der Waals surface area (Å²) in [6, 6.07) is 3.75. The predicted octanol–water partition coefficient (Wildman–Crippen LogP) is 1.85. The van der Waals surface area contributed by atoms with Crippen molar-refractivity contribution in [3.05, 3.63) is 36.3 Å². The smallest absolute Gasteiger partial charge is 0.159 e. The van der Waals surface area contributed by atoms with Gasteiger partial charge in [0.2, 0.25) is 0 Å². The molecule has 6 heteroatoms. The zero-order chi connectivity index (χ0) is 13.7. The first kappa shape index (κ1) is 12.1. The zero-order valence-corrected chi connectivity index (χ0v) is 11.8. The first-order valence-electron chi connectivity index (χ1n) is 6.89. The summed E-state index contributed by atoms with van der Waals surface area (Å²) in [6.45, 7) is 0. The van der Waals surface area contributed by atoms with Gasteiger partial charge in [-0.25, -0.2) is 17.9 Å². The fourth-order valence-corrected chi connectivity index (χ4v) is 5.55. The average molecular weight is 289 g/mol. The van der Waals surface area contributed by atoms with E-state index in [4.69, 9.17) is 0 Å². The lowest BCUT2D eigenvalue weighted by molar-refractivity contribution is 0.517. The van der Waals surface area contributed by atoms with Gasteiger partial charge >= 0.3 is 0 Å². The lowest BCUT2D eigenvalue weighted by Crippen LogP contribution is -2.38. The number of rotatable bonds is 1. The Bertz CT molecular complexity index is 807. The molecule has 4 heterocycles. The Morgan fingerprint density at radius 2 is 2.20 bits per heavy atom. The molecule has 0 N–H and O–H groups in total. The lowest BCUT2D eigenvalue weighted by atomic mass is 9.96. The van der Waals surface area contributed by atoms with Crippen LogP contribution in [0, 0.1) is 0 Å². The largest absolute Gasteiger partial charge is 0.235 e. The van der Waals surface area contributed by atoms with Crippen molar-refractivity contribution in [3.8, 4) is 0 Å². The molecule has 2 unspecified atom stereocenters. The summed E-state index contributed by atoms with van der Waals surface area (Å²) in [5.74, 6) is 0. The molecule has 0 spiro atoms. The fourth-order valence-electron chi connectivity index (χ4n) is 3.29. The second-order valence-corrected chi connectivity index (χ2v) is 7.96. The summed E-state index contributed by atoms with van der Waals surface area (Å²) < 4.78 is 26.4. The van der Waals surface area contributed by atoms with Crippen LogP contribution in [0.2, 0.25) is 0 Å². The molecule has 1 saturated heterocycles. The van der Waals surface area contributed by atoms with Crippen molar-refractivity contribution in [2.75, 3.05) is 0 Å². The van der Waals surface area contributed by atoms with Crippen molar-refractivity contribution in [2.24, 2.45) is 0 Å². The molecule has 2 aliphatic rings. The number of aromatic nitrogens is 3. The highest BCUT2D eigenvalue weighted by atomic mass is 32.2. The molecule has 2 aromatic heterocycles. The van der Waals surface area contributed by atoms with E-state index in [1.807, 2.05) is 18.2 Å². The van der Waals surface area contributed by atoms with Gasteiger partial charge < -0.3 is 0 Å². The van der Waals surface area contributed by atoms with Crippen LogP contribution < -0.4 is 0 Å². The molecule has 2 bridgehead atoms. The van der Waals surface area contributed by atoms with Crippen LogP contribution in [0.3, 0.4) is 0 Å². The molecule has 1 fully saturated rings. The summed E-state index contributed by atoms with van der Waals surface area (Å²) >= 11 is 0.